The van der Waals surface area contributed by atoms with Gasteiger partial charge in [-0.25, -0.2) is 4.98 Å². The van der Waals surface area contributed by atoms with Crippen LogP contribution in [0.15, 0.2) is 10.8 Å². The number of rotatable bonds is 7. The average molecular weight is 225 g/mol. The Bertz CT molecular complexity index is 296. The molecule has 4 heteroatoms. The molecule has 92 valence electrons. The molecule has 0 aliphatic carbocycles. The molecule has 0 saturated carbocycles. The van der Waals surface area contributed by atoms with E-state index in [1.54, 1.807) is 0 Å². The topological polar surface area (TPSA) is 50.1 Å². The zero-order chi connectivity index (χ0) is 12.0. The van der Waals surface area contributed by atoms with Crippen LogP contribution in [-0.4, -0.2) is 24.1 Å². The largest absolute Gasteiger partial charge is 0.447 e. The lowest BCUT2D eigenvalue weighted by atomic mass is 10.2. The van der Waals surface area contributed by atoms with Crippen LogP contribution in [0, 0.1) is 12.8 Å². The molecule has 0 aromatic carbocycles. The fourth-order valence-corrected chi connectivity index (χ4v) is 1.42. The monoisotopic (exact) mass is 225 g/mol. The third-order valence-corrected chi connectivity index (χ3v) is 2.46. The van der Waals surface area contributed by atoms with Crippen LogP contribution in [0.3, 0.4) is 0 Å². The van der Waals surface area contributed by atoms with E-state index in [4.69, 9.17) is 4.42 Å². The van der Waals surface area contributed by atoms with Gasteiger partial charge in [-0.2, -0.15) is 0 Å². The highest BCUT2D eigenvalue weighted by atomic mass is 16.3. The Kier molecular flexibility index (Phi) is 5.49. The molecule has 1 aromatic rings. The van der Waals surface area contributed by atoms with Crippen LogP contribution in [0.2, 0.25) is 0 Å². The van der Waals surface area contributed by atoms with Crippen LogP contribution in [0.1, 0.15) is 32.2 Å². The number of aromatic nitrogens is 1. The van der Waals surface area contributed by atoms with Crippen molar-refractivity contribution in [2.75, 3.05) is 13.1 Å². The SMILES string of the molecule is Cc1ncoc1CNC(C)CNCC(C)C. The molecule has 0 bridgehead atoms. The van der Waals surface area contributed by atoms with E-state index >= 15 is 0 Å². The maximum absolute atomic E-state index is 5.26. The number of nitrogens with zero attached hydrogens (tertiary/aromatic N) is 1. The van der Waals surface area contributed by atoms with Crippen LogP contribution in [0.25, 0.3) is 0 Å². The molecule has 1 aromatic heterocycles. The van der Waals surface area contributed by atoms with Gasteiger partial charge < -0.3 is 15.1 Å². The van der Waals surface area contributed by atoms with Crippen molar-refractivity contribution in [3.63, 3.8) is 0 Å². The van der Waals surface area contributed by atoms with Crippen molar-refractivity contribution in [1.29, 1.82) is 0 Å². The van der Waals surface area contributed by atoms with Crippen LogP contribution in [0.4, 0.5) is 0 Å². The molecule has 1 atom stereocenters. The fourth-order valence-electron chi connectivity index (χ4n) is 1.42. The Hall–Kier alpha value is -0.870. The van der Waals surface area contributed by atoms with Crippen LogP contribution >= 0.6 is 0 Å². The molecular weight excluding hydrogens is 202 g/mol. The second-order valence-electron chi connectivity index (χ2n) is 4.69. The third-order valence-electron chi connectivity index (χ3n) is 2.46. The summed E-state index contributed by atoms with van der Waals surface area (Å²) < 4.78 is 5.26. The number of hydrogen-bond donors (Lipinski definition) is 2. The Morgan fingerprint density at radius 3 is 2.62 bits per heavy atom. The summed E-state index contributed by atoms with van der Waals surface area (Å²) in [5, 5.41) is 6.82. The normalized spacial score (nSPS) is 13.3. The molecule has 0 radical (unpaired) electrons. The molecule has 0 saturated heterocycles. The van der Waals surface area contributed by atoms with Gasteiger partial charge in [-0.15, -0.1) is 0 Å². The minimum Gasteiger partial charge on any atom is -0.447 e. The maximum Gasteiger partial charge on any atom is 0.181 e. The molecule has 1 heterocycles. The Balaban J connectivity index is 2.15. The molecule has 0 fully saturated rings. The average Bonchev–Trinajstić information content (AvgIpc) is 2.60. The summed E-state index contributed by atoms with van der Waals surface area (Å²) in [5.74, 6) is 1.62. The lowest BCUT2D eigenvalue weighted by Crippen LogP contribution is -2.37. The van der Waals surface area contributed by atoms with Crippen LogP contribution in [0.5, 0.6) is 0 Å². The van der Waals surface area contributed by atoms with E-state index in [9.17, 15) is 0 Å². The van der Waals surface area contributed by atoms with Gasteiger partial charge in [0.2, 0.25) is 0 Å². The number of aryl methyl sites for hydroxylation is 1. The van der Waals surface area contributed by atoms with Crippen molar-refractivity contribution in [3.8, 4) is 0 Å². The fraction of sp³-hybridized carbons (Fsp3) is 0.750. The van der Waals surface area contributed by atoms with Crippen molar-refractivity contribution in [2.45, 2.75) is 40.3 Å². The van der Waals surface area contributed by atoms with Gasteiger partial charge in [0.1, 0.15) is 5.76 Å². The van der Waals surface area contributed by atoms with Crippen LogP contribution < -0.4 is 10.6 Å². The summed E-state index contributed by atoms with van der Waals surface area (Å²) in [4.78, 5) is 4.06. The van der Waals surface area contributed by atoms with Gasteiger partial charge in [0.05, 0.1) is 12.2 Å². The van der Waals surface area contributed by atoms with E-state index in [0.717, 1.165) is 31.1 Å². The quantitative estimate of drug-likeness (QED) is 0.741. The summed E-state index contributed by atoms with van der Waals surface area (Å²) in [6.45, 7) is 11.3. The van der Waals surface area contributed by atoms with Crippen molar-refractivity contribution in [2.24, 2.45) is 5.92 Å². The number of nitrogens with one attached hydrogen (secondary N) is 2. The first-order chi connectivity index (χ1) is 7.59. The van der Waals surface area contributed by atoms with E-state index in [0.29, 0.717) is 12.0 Å². The van der Waals surface area contributed by atoms with Crippen molar-refractivity contribution in [1.82, 2.24) is 15.6 Å². The summed E-state index contributed by atoms with van der Waals surface area (Å²) in [6, 6.07) is 0.434. The van der Waals surface area contributed by atoms with E-state index < -0.39 is 0 Å². The van der Waals surface area contributed by atoms with Crippen molar-refractivity contribution < 1.29 is 4.42 Å². The molecule has 0 aliphatic heterocycles. The van der Waals surface area contributed by atoms with Gasteiger partial charge in [-0.05, 0) is 26.3 Å². The smallest absolute Gasteiger partial charge is 0.181 e. The maximum atomic E-state index is 5.26. The second kappa shape index (κ2) is 6.66. The predicted molar refractivity (Wildman–Crippen MR) is 65.2 cm³/mol. The Morgan fingerprint density at radius 2 is 2.06 bits per heavy atom. The number of oxazole rings is 1. The zero-order valence-corrected chi connectivity index (χ0v) is 10.7. The van der Waals surface area contributed by atoms with Crippen LogP contribution in [-0.2, 0) is 6.54 Å². The predicted octanol–water partition coefficient (Wildman–Crippen LogP) is 1.71. The first-order valence-electron chi connectivity index (χ1n) is 5.92. The van der Waals surface area contributed by atoms with Crippen molar-refractivity contribution in [3.05, 3.63) is 17.8 Å². The highest BCUT2D eigenvalue weighted by Crippen LogP contribution is 2.04. The molecule has 1 rings (SSSR count). The Labute approximate surface area is 97.8 Å². The van der Waals surface area contributed by atoms with Gasteiger partial charge >= 0.3 is 0 Å². The molecular formula is C12H23N3O. The van der Waals surface area contributed by atoms with Gasteiger partial charge in [0.25, 0.3) is 0 Å². The standard InChI is InChI=1S/C12H23N3O/c1-9(2)5-13-6-10(3)14-7-12-11(4)15-8-16-12/h8-10,13-14H,5-7H2,1-4H3. The van der Waals surface area contributed by atoms with Gasteiger partial charge in [0.15, 0.2) is 6.39 Å². The number of hydrogen-bond acceptors (Lipinski definition) is 4. The lowest BCUT2D eigenvalue weighted by Gasteiger charge is -2.15. The minimum absolute atomic E-state index is 0.434. The molecule has 4 nitrogen and oxygen atoms in total. The molecule has 0 amide bonds. The van der Waals surface area contributed by atoms with Gasteiger partial charge in [-0.1, -0.05) is 13.8 Å². The molecule has 16 heavy (non-hydrogen) atoms. The van der Waals surface area contributed by atoms with Gasteiger partial charge in [0, 0.05) is 12.6 Å². The Morgan fingerprint density at radius 1 is 1.31 bits per heavy atom. The van der Waals surface area contributed by atoms with Crippen molar-refractivity contribution >= 4 is 0 Å². The van der Waals surface area contributed by atoms with E-state index in [-0.39, 0.29) is 0 Å². The minimum atomic E-state index is 0.434. The summed E-state index contributed by atoms with van der Waals surface area (Å²) in [6.07, 6.45) is 1.49. The lowest BCUT2D eigenvalue weighted by molar-refractivity contribution is 0.430. The second-order valence-corrected chi connectivity index (χ2v) is 4.69. The van der Waals surface area contributed by atoms with E-state index in [1.165, 1.54) is 6.39 Å². The highest BCUT2D eigenvalue weighted by molar-refractivity contribution is 5.03. The first kappa shape index (κ1) is 13.2. The molecule has 1 unspecified atom stereocenters. The summed E-state index contributed by atoms with van der Waals surface area (Å²) >= 11 is 0. The van der Waals surface area contributed by atoms with E-state index in [2.05, 4.69) is 36.4 Å². The highest BCUT2D eigenvalue weighted by Gasteiger charge is 2.06. The zero-order valence-electron chi connectivity index (χ0n) is 10.7. The van der Waals surface area contributed by atoms with E-state index in [1.807, 2.05) is 6.92 Å². The third kappa shape index (κ3) is 4.77. The summed E-state index contributed by atoms with van der Waals surface area (Å²) in [7, 11) is 0. The first-order valence-corrected chi connectivity index (χ1v) is 5.92. The summed E-state index contributed by atoms with van der Waals surface area (Å²) in [5.41, 5.74) is 0.967. The molecule has 2 N–H and O–H groups in total. The molecule has 0 spiro atoms. The van der Waals surface area contributed by atoms with Gasteiger partial charge in [-0.3, -0.25) is 0 Å². The molecule has 0 aliphatic rings.